The molecule has 0 fully saturated rings. The highest BCUT2D eigenvalue weighted by Crippen LogP contribution is 2.16. The largest absolute Gasteiger partial charge is 0.481 e. The molecule has 10 N–H and O–H groups in total. The van der Waals surface area contributed by atoms with Gasteiger partial charge in [-0.25, -0.2) is 9.59 Å². The molecule has 0 aromatic carbocycles. The van der Waals surface area contributed by atoms with Crippen molar-refractivity contribution in [3.63, 3.8) is 0 Å². The second-order valence-electron chi connectivity index (χ2n) is 7.44. The van der Waals surface area contributed by atoms with Crippen molar-refractivity contribution in [3.05, 3.63) is 0 Å². The molecule has 0 aromatic rings. The first-order chi connectivity index (χ1) is 14.7. The zero-order valence-corrected chi connectivity index (χ0v) is 17.7. The highest BCUT2D eigenvalue weighted by Gasteiger charge is 2.41. The van der Waals surface area contributed by atoms with Crippen molar-refractivity contribution in [1.29, 1.82) is 0 Å². The lowest BCUT2D eigenvalue weighted by Gasteiger charge is -2.18. The van der Waals surface area contributed by atoms with Gasteiger partial charge in [-0.05, 0) is 0 Å². The monoisotopic (exact) mass is 488 g/mol. The molecule has 16 nitrogen and oxygen atoms in total. The van der Waals surface area contributed by atoms with Crippen LogP contribution in [0.2, 0.25) is 0 Å². The fourth-order valence-corrected chi connectivity index (χ4v) is 1.48. The number of carbonyl (C=O) groups is 6. The van der Waals surface area contributed by atoms with E-state index in [4.69, 9.17) is 51.1 Å². The molecule has 0 unspecified atom stereocenters. The maximum atomic E-state index is 10.3. The molecule has 33 heavy (non-hydrogen) atoms. The Kier molecular flexibility index (Phi) is 15.2. The third-order valence-corrected chi connectivity index (χ3v) is 3.43. The summed E-state index contributed by atoms with van der Waals surface area (Å²) in [7, 11) is 0. The van der Waals surface area contributed by atoms with Crippen LogP contribution in [0.25, 0.3) is 0 Å². The Labute approximate surface area is 186 Å². The van der Waals surface area contributed by atoms with Gasteiger partial charge in [-0.2, -0.15) is 0 Å². The number of aliphatic carboxylic acids is 6. The second kappa shape index (κ2) is 14.7. The summed E-state index contributed by atoms with van der Waals surface area (Å²) in [5.74, 6) is -10.0. The van der Waals surface area contributed by atoms with Crippen LogP contribution in [0.15, 0.2) is 0 Å². The van der Waals surface area contributed by atoms with Crippen LogP contribution in [0.4, 0.5) is 0 Å². The standard InChI is InChI=1S/2C6H8O7.C5H12O2/c2*7-3(8)1-6(13,5(11)12)2-4(9)10;1-5(2,3-6)4-7/h2*13H,1-2H2,(H,7,8)(H,9,10)(H,11,12);6-7H,3-4H2,1-2H3. The van der Waals surface area contributed by atoms with Crippen LogP contribution in [0, 0.1) is 5.41 Å². The number of aliphatic hydroxyl groups excluding tert-OH is 2. The molecule has 0 aliphatic heterocycles. The molecule has 192 valence electrons. The van der Waals surface area contributed by atoms with E-state index < -0.39 is 72.7 Å². The van der Waals surface area contributed by atoms with Gasteiger partial charge in [-0.1, -0.05) is 13.8 Å². The third kappa shape index (κ3) is 17.0. The van der Waals surface area contributed by atoms with Crippen LogP contribution in [0.5, 0.6) is 0 Å². The summed E-state index contributed by atoms with van der Waals surface area (Å²) in [5, 5.41) is 84.5. The summed E-state index contributed by atoms with van der Waals surface area (Å²) in [5.41, 5.74) is -5.78. The smallest absolute Gasteiger partial charge is 0.336 e. The number of hydrogen-bond donors (Lipinski definition) is 10. The van der Waals surface area contributed by atoms with E-state index in [-0.39, 0.29) is 18.6 Å². The topological polar surface area (TPSA) is 305 Å². The summed E-state index contributed by atoms with van der Waals surface area (Å²) in [6.07, 6.45) is -4.58. The molecule has 0 aliphatic carbocycles. The van der Waals surface area contributed by atoms with Gasteiger partial charge in [-0.15, -0.1) is 0 Å². The number of carboxylic acid groups (broad SMARTS) is 6. The summed E-state index contributed by atoms with van der Waals surface area (Å²) >= 11 is 0. The average molecular weight is 488 g/mol. The van der Waals surface area contributed by atoms with E-state index >= 15 is 0 Å². The van der Waals surface area contributed by atoms with Gasteiger partial charge >= 0.3 is 35.8 Å². The number of aliphatic hydroxyl groups is 4. The molecule has 0 saturated heterocycles. The van der Waals surface area contributed by atoms with Crippen LogP contribution >= 0.6 is 0 Å². The van der Waals surface area contributed by atoms with Crippen molar-refractivity contribution >= 4 is 35.8 Å². The predicted octanol–water partition coefficient (Wildman–Crippen LogP) is -2.50. The Balaban J connectivity index is -0.000000429. The van der Waals surface area contributed by atoms with Crippen molar-refractivity contribution in [2.75, 3.05) is 13.2 Å². The normalized spacial score (nSPS) is 11.1. The van der Waals surface area contributed by atoms with Gasteiger partial charge in [-0.3, -0.25) is 19.2 Å². The van der Waals surface area contributed by atoms with Gasteiger partial charge in [0.1, 0.15) is 0 Å². The van der Waals surface area contributed by atoms with Gasteiger partial charge in [0.2, 0.25) is 0 Å². The molecule has 0 aromatic heterocycles. The quantitative estimate of drug-likeness (QED) is 0.136. The van der Waals surface area contributed by atoms with Gasteiger partial charge in [0, 0.05) is 5.41 Å². The molecule has 0 saturated carbocycles. The molecule has 0 spiro atoms. The van der Waals surface area contributed by atoms with E-state index in [1.165, 1.54) is 0 Å². The minimum atomic E-state index is -2.74. The van der Waals surface area contributed by atoms with Crippen LogP contribution in [-0.4, -0.2) is 111 Å². The van der Waals surface area contributed by atoms with E-state index in [9.17, 15) is 28.8 Å². The summed E-state index contributed by atoms with van der Waals surface area (Å²) in [4.78, 5) is 61.0. The number of carboxylic acids is 6. The molecule has 0 radical (unpaired) electrons. The van der Waals surface area contributed by atoms with Gasteiger partial charge in [0.15, 0.2) is 11.2 Å². The summed E-state index contributed by atoms with van der Waals surface area (Å²) in [6.45, 7) is 3.69. The van der Waals surface area contributed by atoms with E-state index in [1.807, 2.05) is 0 Å². The number of rotatable bonds is 12. The van der Waals surface area contributed by atoms with Gasteiger partial charge in [0.05, 0.1) is 38.9 Å². The van der Waals surface area contributed by atoms with Gasteiger partial charge < -0.3 is 51.1 Å². The molecule has 0 heterocycles. The molecule has 16 heteroatoms. The van der Waals surface area contributed by atoms with E-state index in [0.29, 0.717) is 0 Å². The zero-order valence-electron chi connectivity index (χ0n) is 17.7. The van der Waals surface area contributed by atoms with Crippen LogP contribution in [-0.2, 0) is 28.8 Å². The zero-order chi connectivity index (χ0) is 27.2. The van der Waals surface area contributed by atoms with Crippen molar-refractivity contribution in [3.8, 4) is 0 Å². The molecule has 0 rings (SSSR count). The average Bonchev–Trinajstić information content (AvgIpc) is 2.59. The predicted molar refractivity (Wildman–Crippen MR) is 102 cm³/mol. The minimum Gasteiger partial charge on any atom is -0.481 e. The highest BCUT2D eigenvalue weighted by molar-refractivity contribution is 5.88. The van der Waals surface area contributed by atoms with Crippen molar-refractivity contribution < 1.29 is 79.8 Å². The van der Waals surface area contributed by atoms with Crippen molar-refractivity contribution in [2.45, 2.75) is 50.7 Å². The van der Waals surface area contributed by atoms with Crippen LogP contribution in [0.1, 0.15) is 39.5 Å². The minimum absolute atomic E-state index is 0.0451. The number of hydrogen-bond acceptors (Lipinski definition) is 10. The molecule has 0 atom stereocenters. The van der Waals surface area contributed by atoms with Crippen LogP contribution in [0.3, 0.4) is 0 Å². The van der Waals surface area contributed by atoms with E-state index in [2.05, 4.69) is 0 Å². The van der Waals surface area contributed by atoms with E-state index in [1.54, 1.807) is 13.8 Å². The molecule has 0 bridgehead atoms. The Hall–Kier alpha value is -3.34. The molecule has 0 amide bonds. The fraction of sp³-hybridized carbons (Fsp3) is 0.647. The first-order valence-corrected chi connectivity index (χ1v) is 8.68. The summed E-state index contributed by atoms with van der Waals surface area (Å²) < 4.78 is 0. The fourth-order valence-electron chi connectivity index (χ4n) is 1.48. The molecule has 0 aliphatic rings. The van der Waals surface area contributed by atoms with Crippen molar-refractivity contribution in [1.82, 2.24) is 0 Å². The Morgan fingerprint density at radius 3 is 0.758 bits per heavy atom. The maximum Gasteiger partial charge on any atom is 0.336 e. The Morgan fingerprint density at radius 2 is 0.697 bits per heavy atom. The van der Waals surface area contributed by atoms with Crippen molar-refractivity contribution in [2.24, 2.45) is 5.41 Å². The molecular formula is C17H28O16. The highest BCUT2D eigenvalue weighted by atomic mass is 16.4. The Morgan fingerprint density at radius 1 is 0.515 bits per heavy atom. The lowest BCUT2D eigenvalue weighted by atomic mass is 9.96. The summed E-state index contributed by atoms with van der Waals surface area (Å²) in [6, 6.07) is 0. The SMILES string of the molecule is CC(C)(CO)CO.O=C(O)CC(O)(CC(=O)O)C(=O)O.O=C(O)CC(O)(CC(=O)O)C(=O)O. The first kappa shape index (κ1) is 34.3. The van der Waals surface area contributed by atoms with E-state index in [0.717, 1.165) is 0 Å². The van der Waals surface area contributed by atoms with Crippen LogP contribution < -0.4 is 0 Å². The Bertz CT molecular complexity index is 620. The maximum absolute atomic E-state index is 10.3. The second-order valence-corrected chi connectivity index (χ2v) is 7.44. The molecular weight excluding hydrogens is 460 g/mol. The third-order valence-electron chi connectivity index (χ3n) is 3.43. The lowest BCUT2D eigenvalue weighted by Crippen LogP contribution is -2.42. The first-order valence-electron chi connectivity index (χ1n) is 8.68. The van der Waals surface area contributed by atoms with Gasteiger partial charge in [0.25, 0.3) is 0 Å². The lowest BCUT2D eigenvalue weighted by molar-refractivity contribution is -0.170.